The number of methoxy groups -OCH3 is 1. The smallest absolute Gasteiger partial charge is 0.257 e. The Morgan fingerprint density at radius 1 is 1.32 bits per heavy atom. The van der Waals surface area contributed by atoms with Gasteiger partial charge in [-0.25, -0.2) is 0 Å². The van der Waals surface area contributed by atoms with Crippen LogP contribution in [0.5, 0.6) is 11.5 Å². The minimum absolute atomic E-state index is 0.00739. The van der Waals surface area contributed by atoms with Gasteiger partial charge in [0, 0.05) is 24.2 Å². The summed E-state index contributed by atoms with van der Waals surface area (Å²) in [5.41, 5.74) is 2.25. The van der Waals surface area contributed by atoms with E-state index >= 15 is 0 Å². The van der Waals surface area contributed by atoms with E-state index in [1.54, 1.807) is 13.2 Å². The van der Waals surface area contributed by atoms with Crippen LogP contribution < -0.4 is 9.47 Å². The zero-order chi connectivity index (χ0) is 17.8. The van der Waals surface area contributed by atoms with Crippen molar-refractivity contribution in [2.24, 2.45) is 4.99 Å². The number of hydrogen-bond donors (Lipinski definition) is 0. The Morgan fingerprint density at radius 2 is 2.16 bits per heavy atom. The van der Waals surface area contributed by atoms with Crippen LogP contribution in [0.25, 0.3) is 0 Å². The first kappa shape index (κ1) is 18.0. The molecule has 0 bridgehead atoms. The molecule has 1 saturated heterocycles. The van der Waals surface area contributed by atoms with Gasteiger partial charge in [0.05, 0.1) is 31.0 Å². The lowest BCUT2D eigenvalue weighted by atomic mass is 10.1. The van der Waals surface area contributed by atoms with Gasteiger partial charge in [-0.3, -0.25) is 9.79 Å². The molecule has 2 aliphatic rings. The van der Waals surface area contributed by atoms with Gasteiger partial charge in [0.2, 0.25) is 0 Å². The van der Waals surface area contributed by atoms with Gasteiger partial charge >= 0.3 is 0 Å². The quantitative estimate of drug-likeness (QED) is 0.388. The molecule has 5 nitrogen and oxygen atoms in total. The van der Waals surface area contributed by atoms with E-state index in [1.807, 2.05) is 17.2 Å². The molecule has 2 aliphatic heterocycles. The molecular weight excluding hydrogens is 384 g/mol. The SMILES string of the molecule is C=C1CC2C=Nc3cc(OCCCCCBr)c(OC)cc3C(=O)N2C1. The summed E-state index contributed by atoms with van der Waals surface area (Å²) in [4.78, 5) is 19.2. The Balaban J connectivity index is 1.82. The molecule has 0 saturated carbocycles. The topological polar surface area (TPSA) is 51.1 Å². The van der Waals surface area contributed by atoms with E-state index < -0.39 is 0 Å². The Labute approximate surface area is 156 Å². The second kappa shape index (κ2) is 8.04. The van der Waals surface area contributed by atoms with Gasteiger partial charge in [-0.1, -0.05) is 28.1 Å². The summed E-state index contributed by atoms with van der Waals surface area (Å²) in [6, 6.07) is 3.54. The molecule has 0 spiro atoms. The summed E-state index contributed by atoms with van der Waals surface area (Å²) in [5.74, 6) is 1.18. The van der Waals surface area contributed by atoms with Crippen molar-refractivity contribution in [1.29, 1.82) is 0 Å². The number of amides is 1. The number of ether oxygens (including phenoxy) is 2. The van der Waals surface area contributed by atoms with E-state index in [9.17, 15) is 4.79 Å². The second-order valence-electron chi connectivity index (χ2n) is 6.35. The summed E-state index contributed by atoms with van der Waals surface area (Å²) in [7, 11) is 1.59. The Morgan fingerprint density at radius 3 is 2.92 bits per heavy atom. The van der Waals surface area contributed by atoms with E-state index in [1.165, 1.54) is 0 Å². The molecule has 2 heterocycles. The van der Waals surface area contributed by atoms with E-state index in [-0.39, 0.29) is 11.9 Å². The number of aliphatic imine (C=N–C) groups is 1. The zero-order valence-electron chi connectivity index (χ0n) is 14.5. The number of hydrogen-bond acceptors (Lipinski definition) is 4. The van der Waals surface area contributed by atoms with E-state index in [0.717, 1.165) is 36.6 Å². The van der Waals surface area contributed by atoms with Gasteiger partial charge in [-0.05, 0) is 31.7 Å². The van der Waals surface area contributed by atoms with Crippen LogP contribution in [0.2, 0.25) is 0 Å². The average molecular weight is 407 g/mol. The number of alkyl halides is 1. The number of rotatable bonds is 7. The van der Waals surface area contributed by atoms with Crippen LogP contribution >= 0.6 is 15.9 Å². The molecule has 3 rings (SSSR count). The predicted octanol–water partition coefficient (Wildman–Crippen LogP) is 4.13. The Kier molecular flexibility index (Phi) is 5.78. The summed E-state index contributed by atoms with van der Waals surface area (Å²) in [5, 5.41) is 1.01. The largest absolute Gasteiger partial charge is 0.493 e. The lowest BCUT2D eigenvalue weighted by Crippen LogP contribution is -2.35. The molecular formula is C19H23BrN2O3. The highest BCUT2D eigenvalue weighted by atomic mass is 79.9. The molecule has 1 aromatic rings. The highest BCUT2D eigenvalue weighted by molar-refractivity contribution is 9.09. The van der Waals surface area contributed by atoms with Gasteiger partial charge in [-0.15, -0.1) is 0 Å². The Bertz CT molecular complexity index is 702. The minimum Gasteiger partial charge on any atom is -0.493 e. The van der Waals surface area contributed by atoms with Crippen LogP contribution in [0.1, 0.15) is 36.0 Å². The third-order valence-corrected chi connectivity index (χ3v) is 5.05. The molecule has 1 unspecified atom stereocenters. The van der Waals surface area contributed by atoms with Crippen molar-refractivity contribution in [2.45, 2.75) is 31.7 Å². The van der Waals surface area contributed by atoms with Crippen molar-refractivity contribution in [2.75, 3.05) is 25.6 Å². The van der Waals surface area contributed by atoms with Crippen LogP contribution in [0.4, 0.5) is 5.69 Å². The minimum atomic E-state index is -0.0293. The average Bonchev–Trinajstić information content (AvgIpc) is 2.94. The highest BCUT2D eigenvalue weighted by Crippen LogP contribution is 2.38. The molecule has 1 atom stereocenters. The molecule has 0 aliphatic carbocycles. The first-order valence-electron chi connectivity index (χ1n) is 8.56. The molecule has 0 N–H and O–H groups in total. The van der Waals surface area contributed by atoms with Crippen molar-refractivity contribution in [3.05, 3.63) is 29.8 Å². The fourth-order valence-electron chi connectivity index (χ4n) is 3.16. The molecule has 1 amide bonds. The Hall–Kier alpha value is -1.82. The van der Waals surface area contributed by atoms with Gasteiger partial charge in [0.25, 0.3) is 5.91 Å². The van der Waals surface area contributed by atoms with Crippen LogP contribution in [0, 0.1) is 0 Å². The molecule has 0 radical (unpaired) electrons. The second-order valence-corrected chi connectivity index (χ2v) is 7.14. The van der Waals surface area contributed by atoms with E-state index in [2.05, 4.69) is 27.5 Å². The molecule has 134 valence electrons. The van der Waals surface area contributed by atoms with Crippen molar-refractivity contribution in [3.8, 4) is 11.5 Å². The number of halogens is 1. The number of nitrogens with zero attached hydrogens (tertiary/aromatic N) is 2. The van der Waals surface area contributed by atoms with Crippen molar-refractivity contribution in [1.82, 2.24) is 4.90 Å². The van der Waals surface area contributed by atoms with Gasteiger partial charge in [0.1, 0.15) is 0 Å². The molecule has 0 aromatic heterocycles. The third kappa shape index (κ3) is 3.89. The number of unbranched alkanes of at least 4 members (excludes halogenated alkanes) is 2. The van der Waals surface area contributed by atoms with Crippen LogP contribution in [0.3, 0.4) is 0 Å². The standard InChI is InChI=1S/C19H23BrN2O3/c1-13-8-14-11-21-16-10-18(25-7-5-3-4-6-20)17(24-2)9-15(16)19(23)22(14)12-13/h9-11,14H,1,3-8,12H2,2H3. The summed E-state index contributed by atoms with van der Waals surface area (Å²) in [6.45, 7) is 5.20. The number of carbonyl (C=O) groups is 1. The third-order valence-electron chi connectivity index (χ3n) is 4.49. The fraction of sp³-hybridized carbons (Fsp3) is 0.474. The van der Waals surface area contributed by atoms with Gasteiger partial charge < -0.3 is 14.4 Å². The summed E-state index contributed by atoms with van der Waals surface area (Å²) >= 11 is 3.43. The predicted molar refractivity (Wildman–Crippen MR) is 103 cm³/mol. The van der Waals surface area contributed by atoms with Crippen LogP contribution in [0.15, 0.2) is 29.3 Å². The lowest BCUT2D eigenvalue weighted by molar-refractivity contribution is 0.0777. The first-order valence-corrected chi connectivity index (χ1v) is 9.68. The summed E-state index contributed by atoms with van der Waals surface area (Å²) < 4.78 is 11.3. The van der Waals surface area contributed by atoms with Crippen molar-refractivity contribution >= 4 is 33.7 Å². The monoisotopic (exact) mass is 406 g/mol. The first-order chi connectivity index (χ1) is 12.1. The van der Waals surface area contributed by atoms with E-state index in [0.29, 0.717) is 35.9 Å². The maximum atomic E-state index is 12.9. The van der Waals surface area contributed by atoms with Crippen molar-refractivity contribution in [3.63, 3.8) is 0 Å². The maximum Gasteiger partial charge on any atom is 0.257 e. The van der Waals surface area contributed by atoms with Gasteiger partial charge in [-0.2, -0.15) is 0 Å². The van der Waals surface area contributed by atoms with Crippen molar-refractivity contribution < 1.29 is 14.3 Å². The normalized spacial score (nSPS) is 18.8. The highest BCUT2D eigenvalue weighted by Gasteiger charge is 2.34. The number of fused-ring (bicyclic) bond motifs is 2. The van der Waals surface area contributed by atoms with Crippen LogP contribution in [-0.4, -0.2) is 48.7 Å². The van der Waals surface area contributed by atoms with Crippen LogP contribution in [-0.2, 0) is 0 Å². The molecule has 1 aromatic carbocycles. The van der Waals surface area contributed by atoms with E-state index in [4.69, 9.17) is 9.47 Å². The maximum absolute atomic E-state index is 12.9. The fourth-order valence-corrected chi connectivity index (χ4v) is 3.56. The van der Waals surface area contributed by atoms with Gasteiger partial charge in [0.15, 0.2) is 11.5 Å². The number of carbonyl (C=O) groups excluding carboxylic acids is 1. The lowest BCUT2D eigenvalue weighted by Gasteiger charge is -2.20. The summed E-state index contributed by atoms with van der Waals surface area (Å²) in [6.07, 6.45) is 5.83. The number of benzene rings is 1. The zero-order valence-corrected chi connectivity index (χ0v) is 16.0. The molecule has 6 heteroatoms. The molecule has 25 heavy (non-hydrogen) atoms. The molecule has 1 fully saturated rings.